The van der Waals surface area contributed by atoms with E-state index in [1.165, 1.54) is 24.6 Å². The highest BCUT2D eigenvalue weighted by Gasteiger charge is 2.33. The summed E-state index contributed by atoms with van der Waals surface area (Å²) in [5.74, 6) is 0.258. The summed E-state index contributed by atoms with van der Waals surface area (Å²) in [5.41, 5.74) is 5.09. The summed E-state index contributed by atoms with van der Waals surface area (Å²) in [4.78, 5) is 6.16. The number of alkyl halides is 3. The second-order valence-electron chi connectivity index (χ2n) is 5.13. The van der Waals surface area contributed by atoms with Crippen molar-refractivity contribution in [1.82, 2.24) is 4.90 Å². The number of hydrogen-bond donors (Lipinski definition) is 1. The largest absolute Gasteiger partial charge is 0.491 e. The van der Waals surface area contributed by atoms with E-state index in [4.69, 9.17) is 10.5 Å². The highest BCUT2D eigenvalue weighted by Crippen LogP contribution is 2.35. The minimum absolute atomic E-state index is 0. The van der Waals surface area contributed by atoms with E-state index < -0.39 is 11.7 Å². The molecule has 0 spiro atoms. The summed E-state index contributed by atoms with van der Waals surface area (Å²) in [6.07, 6.45) is -1.05. The maximum Gasteiger partial charge on any atom is 0.419 e. The van der Waals surface area contributed by atoms with E-state index in [9.17, 15) is 13.2 Å². The van der Waals surface area contributed by atoms with Crippen LogP contribution in [-0.2, 0) is 6.18 Å². The van der Waals surface area contributed by atoms with Gasteiger partial charge in [-0.15, -0.1) is 24.0 Å². The van der Waals surface area contributed by atoms with Crippen LogP contribution in [0.4, 0.5) is 13.2 Å². The third-order valence-electron chi connectivity index (χ3n) is 3.50. The summed E-state index contributed by atoms with van der Waals surface area (Å²) in [7, 11) is 0. The predicted molar refractivity (Wildman–Crippen MR) is 94.3 cm³/mol. The fourth-order valence-corrected chi connectivity index (χ4v) is 2.37. The number of hydrogen-bond acceptors (Lipinski definition) is 2. The van der Waals surface area contributed by atoms with Gasteiger partial charge in [-0.3, -0.25) is 0 Å². The quantitative estimate of drug-likeness (QED) is 0.336. The second-order valence-corrected chi connectivity index (χ2v) is 5.13. The molecule has 130 valence electrons. The molecule has 23 heavy (non-hydrogen) atoms. The summed E-state index contributed by atoms with van der Waals surface area (Å²) < 4.78 is 43.6. The summed E-state index contributed by atoms with van der Waals surface area (Å²) in [5, 5.41) is 0. The molecule has 0 unspecified atom stereocenters. The Morgan fingerprint density at radius 3 is 2.48 bits per heavy atom. The molecule has 0 amide bonds. The van der Waals surface area contributed by atoms with Crippen LogP contribution in [0.3, 0.4) is 0 Å². The van der Waals surface area contributed by atoms with E-state index in [1.54, 1.807) is 0 Å². The number of benzene rings is 1. The Hall–Kier alpha value is -1.19. The molecule has 8 heteroatoms. The number of rotatable bonds is 4. The zero-order valence-electron chi connectivity index (χ0n) is 12.7. The van der Waals surface area contributed by atoms with Crippen molar-refractivity contribution >= 4 is 29.9 Å². The molecule has 1 saturated heterocycles. The highest BCUT2D eigenvalue weighted by atomic mass is 127. The van der Waals surface area contributed by atoms with Gasteiger partial charge in [-0.05, 0) is 31.4 Å². The average molecular weight is 443 g/mol. The van der Waals surface area contributed by atoms with Crippen molar-refractivity contribution in [2.45, 2.75) is 25.4 Å². The van der Waals surface area contributed by atoms with E-state index in [-0.39, 0.29) is 42.9 Å². The Kier molecular flexibility index (Phi) is 7.93. The first-order valence-electron chi connectivity index (χ1n) is 7.32. The lowest BCUT2D eigenvalue weighted by atomic mass is 10.1. The van der Waals surface area contributed by atoms with Crippen LogP contribution in [0.15, 0.2) is 29.3 Å². The monoisotopic (exact) mass is 443 g/mol. The normalized spacial score (nSPS) is 16.0. The number of para-hydroxylation sites is 1. The second kappa shape index (κ2) is 9.19. The minimum atomic E-state index is -4.42. The molecule has 0 aromatic heterocycles. The number of likely N-dealkylation sites (tertiary alicyclic amines) is 1. The zero-order valence-corrected chi connectivity index (χ0v) is 15.0. The third-order valence-corrected chi connectivity index (χ3v) is 3.50. The first kappa shape index (κ1) is 19.9. The Labute approximate surface area is 150 Å². The fourth-order valence-electron chi connectivity index (χ4n) is 2.37. The number of halogens is 4. The molecule has 1 aromatic rings. The standard InChI is InChI=1S/C15H20F3N3O.HI/c16-15(17,18)12-6-2-3-7-13(12)22-11-8-20-14(19)21-9-4-1-5-10-21;/h2-3,6-7H,1,4-5,8-11H2,(H2,19,20);1H. The van der Waals surface area contributed by atoms with E-state index in [1.807, 2.05) is 4.90 Å². The molecule has 0 atom stereocenters. The molecular weight excluding hydrogens is 422 g/mol. The van der Waals surface area contributed by atoms with Gasteiger partial charge in [0.05, 0.1) is 12.1 Å². The van der Waals surface area contributed by atoms with Crippen LogP contribution in [-0.4, -0.2) is 37.1 Å². The first-order valence-corrected chi connectivity index (χ1v) is 7.32. The SMILES string of the molecule is I.NC(=NCCOc1ccccc1C(F)(F)F)N1CCCCC1. The van der Waals surface area contributed by atoms with Gasteiger partial charge < -0.3 is 15.4 Å². The van der Waals surface area contributed by atoms with E-state index in [0.717, 1.165) is 32.0 Å². The van der Waals surface area contributed by atoms with Crippen molar-refractivity contribution in [3.05, 3.63) is 29.8 Å². The van der Waals surface area contributed by atoms with Crippen molar-refractivity contribution < 1.29 is 17.9 Å². The van der Waals surface area contributed by atoms with Gasteiger partial charge in [0, 0.05) is 13.1 Å². The van der Waals surface area contributed by atoms with Gasteiger partial charge in [0.15, 0.2) is 5.96 Å². The number of piperidine rings is 1. The molecule has 1 aromatic carbocycles. The number of nitrogens with two attached hydrogens (primary N) is 1. The van der Waals surface area contributed by atoms with Gasteiger partial charge in [-0.2, -0.15) is 13.2 Å². The molecule has 1 aliphatic rings. The zero-order chi connectivity index (χ0) is 16.0. The lowest BCUT2D eigenvalue weighted by Gasteiger charge is -2.27. The Balaban J connectivity index is 0.00000264. The Morgan fingerprint density at radius 1 is 1.17 bits per heavy atom. The molecule has 0 saturated carbocycles. The van der Waals surface area contributed by atoms with Gasteiger partial charge in [0.1, 0.15) is 12.4 Å². The van der Waals surface area contributed by atoms with Crippen LogP contribution in [0.1, 0.15) is 24.8 Å². The van der Waals surface area contributed by atoms with Crippen LogP contribution in [0, 0.1) is 0 Å². The van der Waals surface area contributed by atoms with Crippen molar-refractivity contribution in [3.63, 3.8) is 0 Å². The van der Waals surface area contributed by atoms with Crippen LogP contribution in [0.25, 0.3) is 0 Å². The number of nitrogens with zero attached hydrogens (tertiary/aromatic N) is 2. The van der Waals surface area contributed by atoms with Crippen molar-refractivity contribution in [2.75, 3.05) is 26.2 Å². The van der Waals surface area contributed by atoms with Crippen molar-refractivity contribution in [2.24, 2.45) is 10.7 Å². The predicted octanol–water partition coefficient (Wildman–Crippen LogP) is 3.50. The molecule has 4 nitrogen and oxygen atoms in total. The van der Waals surface area contributed by atoms with Crippen LogP contribution >= 0.6 is 24.0 Å². The molecule has 1 aliphatic heterocycles. The number of ether oxygens (including phenoxy) is 1. The minimum Gasteiger partial charge on any atom is -0.491 e. The first-order chi connectivity index (χ1) is 10.5. The van der Waals surface area contributed by atoms with Gasteiger partial charge in [-0.25, -0.2) is 4.99 Å². The maximum absolute atomic E-state index is 12.8. The summed E-state index contributed by atoms with van der Waals surface area (Å²) >= 11 is 0. The number of aliphatic imine (C=N–C) groups is 1. The molecule has 1 fully saturated rings. The molecule has 1 heterocycles. The van der Waals surface area contributed by atoms with E-state index >= 15 is 0 Å². The summed E-state index contributed by atoms with van der Waals surface area (Å²) in [6, 6.07) is 5.15. The highest BCUT2D eigenvalue weighted by molar-refractivity contribution is 14.0. The smallest absolute Gasteiger partial charge is 0.419 e. The topological polar surface area (TPSA) is 50.9 Å². The van der Waals surface area contributed by atoms with E-state index in [2.05, 4.69) is 4.99 Å². The molecule has 2 rings (SSSR count). The Morgan fingerprint density at radius 2 is 1.83 bits per heavy atom. The van der Waals surface area contributed by atoms with Crippen LogP contribution < -0.4 is 10.5 Å². The van der Waals surface area contributed by atoms with Gasteiger partial charge in [0.2, 0.25) is 0 Å². The number of guanidine groups is 1. The van der Waals surface area contributed by atoms with E-state index in [0.29, 0.717) is 5.96 Å². The molecule has 2 N–H and O–H groups in total. The third kappa shape index (κ3) is 6.08. The molecule has 0 radical (unpaired) electrons. The average Bonchev–Trinajstić information content (AvgIpc) is 2.51. The van der Waals surface area contributed by atoms with Gasteiger partial charge >= 0.3 is 6.18 Å². The van der Waals surface area contributed by atoms with Crippen LogP contribution in [0.2, 0.25) is 0 Å². The van der Waals surface area contributed by atoms with Gasteiger partial charge in [0.25, 0.3) is 0 Å². The fraction of sp³-hybridized carbons (Fsp3) is 0.533. The van der Waals surface area contributed by atoms with Gasteiger partial charge in [-0.1, -0.05) is 12.1 Å². The molecular formula is C15H21F3IN3O. The lowest BCUT2D eigenvalue weighted by Crippen LogP contribution is -2.41. The molecule has 0 bridgehead atoms. The Bertz CT molecular complexity index is 517. The maximum atomic E-state index is 12.8. The lowest BCUT2D eigenvalue weighted by molar-refractivity contribution is -0.138. The van der Waals surface area contributed by atoms with Crippen molar-refractivity contribution in [3.8, 4) is 5.75 Å². The summed E-state index contributed by atoms with van der Waals surface area (Å²) in [6.45, 7) is 2.05. The molecule has 0 aliphatic carbocycles. The van der Waals surface area contributed by atoms with Crippen molar-refractivity contribution in [1.29, 1.82) is 0 Å². The van der Waals surface area contributed by atoms with Crippen LogP contribution in [0.5, 0.6) is 5.75 Å².